The number of rotatable bonds is 22. The van der Waals surface area contributed by atoms with Gasteiger partial charge in [-0.15, -0.1) is 45.3 Å². The van der Waals surface area contributed by atoms with Crippen molar-refractivity contribution in [2.24, 2.45) is 0 Å². The van der Waals surface area contributed by atoms with Gasteiger partial charge in [-0.1, -0.05) is 131 Å². The predicted molar refractivity (Wildman–Crippen MR) is 257 cm³/mol. The zero-order valence-corrected chi connectivity index (χ0v) is 38.9. The molecule has 2 aliphatic rings. The van der Waals surface area contributed by atoms with Gasteiger partial charge in [-0.2, -0.15) is 0 Å². The van der Waals surface area contributed by atoms with Crippen molar-refractivity contribution < 1.29 is 0 Å². The fourth-order valence-corrected chi connectivity index (χ4v) is 16.6. The number of hydrogen-bond acceptors (Lipinski definition) is 4. The highest BCUT2D eigenvalue weighted by Gasteiger charge is 2.47. The lowest BCUT2D eigenvalue weighted by Gasteiger charge is -2.33. The molecule has 0 saturated heterocycles. The molecule has 6 aromatic rings. The van der Waals surface area contributed by atoms with Crippen molar-refractivity contribution in [2.45, 2.75) is 194 Å². The molecule has 8 rings (SSSR count). The van der Waals surface area contributed by atoms with Gasteiger partial charge in [0.1, 0.15) is 0 Å². The van der Waals surface area contributed by atoms with E-state index >= 15 is 0 Å². The van der Waals surface area contributed by atoms with Gasteiger partial charge >= 0.3 is 0 Å². The Labute approximate surface area is 355 Å². The zero-order chi connectivity index (χ0) is 38.9. The third-order valence-electron chi connectivity index (χ3n) is 13.8. The van der Waals surface area contributed by atoms with Crippen molar-refractivity contribution >= 4 is 74.9 Å². The lowest BCUT2D eigenvalue weighted by atomic mass is 9.70. The summed E-state index contributed by atoms with van der Waals surface area (Å²) in [6, 6.07) is 16.1. The number of unbranched alkanes of at least 4 members (excludes halogenated alkanes) is 10. The molecule has 0 spiro atoms. The van der Waals surface area contributed by atoms with Crippen LogP contribution in [0.15, 0.2) is 36.4 Å². The molecule has 0 fully saturated rings. The maximum Gasteiger partial charge on any atom is 0.0639 e. The molecule has 4 heterocycles. The van der Waals surface area contributed by atoms with Crippen molar-refractivity contribution in [1.82, 2.24) is 0 Å². The maximum absolute atomic E-state index is 2.73. The van der Waals surface area contributed by atoms with E-state index in [0.717, 1.165) is 0 Å². The van der Waals surface area contributed by atoms with Gasteiger partial charge in [0.05, 0.1) is 14.1 Å². The summed E-state index contributed by atoms with van der Waals surface area (Å²) in [5.41, 5.74) is 10.2. The molecule has 0 radical (unpaired) electrons. The Hall–Kier alpha value is -1.98. The molecule has 56 heavy (non-hydrogen) atoms. The highest BCUT2D eigenvalue weighted by molar-refractivity contribution is 7.39. The van der Waals surface area contributed by atoms with Crippen LogP contribution in [0.3, 0.4) is 0 Å². The van der Waals surface area contributed by atoms with Gasteiger partial charge in [0, 0.05) is 35.0 Å². The first kappa shape index (κ1) is 40.8. The van der Waals surface area contributed by atoms with E-state index in [1.165, 1.54) is 152 Å². The normalized spacial score (nSPS) is 15.0. The third kappa shape index (κ3) is 7.11. The average molecular weight is 821 g/mol. The summed E-state index contributed by atoms with van der Waals surface area (Å²) in [6.07, 6.45) is 28.6. The average Bonchev–Trinajstić information content (AvgIpc) is 4.04. The quantitative estimate of drug-likeness (QED) is 0.0599. The van der Waals surface area contributed by atoms with Crippen molar-refractivity contribution in [3.63, 3.8) is 0 Å². The molecule has 0 atom stereocenters. The highest BCUT2D eigenvalue weighted by atomic mass is 32.1. The lowest BCUT2D eigenvalue weighted by Crippen LogP contribution is -2.25. The summed E-state index contributed by atoms with van der Waals surface area (Å²) in [4.78, 5) is 6.47. The SMILES string of the molecule is CCCCCCc1cc2c(s1)-c1cc3cc4c(cc3cc1C2(CCCC)CCCC)-c1sc2c(sc3cc(CCCCCC)sc32)c1C4(CCCC)CCCC. The third-order valence-corrected chi connectivity index (χ3v) is 19.0. The molecular weight excluding hydrogens is 753 g/mol. The van der Waals surface area contributed by atoms with Gasteiger partial charge in [0.25, 0.3) is 0 Å². The van der Waals surface area contributed by atoms with Crippen molar-refractivity contribution in [3.05, 3.63) is 68.4 Å². The van der Waals surface area contributed by atoms with Crippen LogP contribution in [0.2, 0.25) is 0 Å². The van der Waals surface area contributed by atoms with Crippen molar-refractivity contribution in [3.8, 4) is 20.9 Å². The van der Waals surface area contributed by atoms with Crippen LogP contribution in [0.5, 0.6) is 0 Å². The van der Waals surface area contributed by atoms with Gasteiger partial charge in [-0.25, -0.2) is 0 Å². The largest absolute Gasteiger partial charge is 0.140 e. The first-order valence-corrected chi connectivity index (χ1v) is 26.5. The van der Waals surface area contributed by atoms with Crippen molar-refractivity contribution in [2.75, 3.05) is 0 Å². The molecule has 0 unspecified atom stereocenters. The van der Waals surface area contributed by atoms with E-state index in [4.69, 9.17) is 0 Å². The van der Waals surface area contributed by atoms with Crippen LogP contribution in [-0.2, 0) is 23.7 Å². The summed E-state index contributed by atoms with van der Waals surface area (Å²) in [6.45, 7) is 14.2. The fraction of sp³-hybridized carbons (Fsp3) is 0.577. The summed E-state index contributed by atoms with van der Waals surface area (Å²) >= 11 is 8.57. The predicted octanol–water partition coefficient (Wildman–Crippen LogP) is 18.9. The molecule has 0 nitrogen and oxygen atoms in total. The Morgan fingerprint density at radius 1 is 0.393 bits per heavy atom. The second-order valence-electron chi connectivity index (χ2n) is 17.8. The number of hydrogen-bond donors (Lipinski definition) is 0. The molecule has 4 aromatic heterocycles. The van der Waals surface area contributed by atoms with Crippen LogP contribution in [0.4, 0.5) is 0 Å². The van der Waals surface area contributed by atoms with Crippen molar-refractivity contribution in [1.29, 1.82) is 0 Å². The van der Waals surface area contributed by atoms with Crippen LogP contribution < -0.4 is 0 Å². The molecule has 2 aliphatic carbocycles. The molecule has 0 bridgehead atoms. The molecule has 0 amide bonds. The van der Waals surface area contributed by atoms with E-state index in [1.807, 2.05) is 0 Å². The number of benzene rings is 2. The topological polar surface area (TPSA) is 0 Å². The molecule has 2 aromatic carbocycles. The number of thiophene rings is 4. The lowest BCUT2D eigenvalue weighted by molar-refractivity contribution is 0.415. The maximum atomic E-state index is 2.73. The molecular formula is C52H68S4. The van der Waals surface area contributed by atoms with Crippen LogP contribution in [0.1, 0.15) is 202 Å². The standard InChI is InChI=1S/C52H68S4/c1-7-13-19-21-23-37-33-43-46(53-37)39-29-35-32-42-40(30-36(35)31-41(39)51(43,25-15-9-3)26-16-10-4)47-45(52(42,27-17-11-5)28-18-12-6)49-50(56-47)48-44(55-49)34-38(54-48)24-22-20-14-8-2/h29-34H,7-28H2,1-6H3. The van der Waals surface area contributed by atoms with E-state index in [1.54, 1.807) is 71.7 Å². The molecule has 0 saturated carbocycles. The van der Waals surface area contributed by atoms with Gasteiger partial charge < -0.3 is 0 Å². The zero-order valence-electron chi connectivity index (χ0n) is 35.7. The number of aryl methyl sites for hydroxylation is 2. The number of fused-ring (bicyclic) bond motifs is 11. The summed E-state index contributed by atoms with van der Waals surface area (Å²) < 4.78 is 6.37. The molecule has 0 aliphatic heterocycles. The Balaban J connectivity index is 1.29. The van der Waals surface area contributed by atoms with E-state index < -0.39 is 0 Å². The van der Waals surface area contributed by atoms with Gasteiger partial charge in [0.15, 0.2) is 0 Å². The minimum absolute atomic E-state index is 0.115. The summed E-state index contributed by atoms with van der Waals surface area (Å²) in [5, 5.41) is 2.96. The smallest absolute Gasteiger partial charge is 0.0639 e. The van der Waals surface area contributed by atoms with Crippen LogP contribution in [0.25, 0.3) is 50.5 Å². The summed E-state index contributed by atoms with van der Waals surface area (Å²) in [7, 11) is 0. The van der Waals surface area contributed by atoms with Crippen LogP contribution >= 0.6 is 45.3 Å². The van der Waals surface area contributed by atoms with E-state index in [2.05, 4.69) is 123 Å². The molecule has 4 heteroatoms. The highest BCUT2D eigenvalue weighted by Crippen LogP contribution is 2.64. The van der Waals surface area contributed by atoms with E-state index in [-0.39, 0.29) is 10.8 Å². The Kier molecular flexibility index (Phi) is 12.9. The minimum Gasteiger partial charge on any atom is -0.140 e. The fourth-order valence-electron chi connectivity index (χ4n) is 10.8. The second kappa shape index (κ2) is 17.7. The van der Waals surface area contributed by atoms with E-state index in [0.29, 0.717) is 0 Å². The van der Waals surface area contributed by atoms with Gasteiger partial charge in [-0.3, -0.25) is 0 Å². The minimum atomic E-state index is 0.115. The second-order valence-corrected chi connectivity index (χ2v) is 22.1. The first-order valence-electron chi connectivity index (χ1n) is 23.2. The van der Waals surface area contributed by atoms with Crippen LogP contribution in [-0.4, -0.2) is 0 Å². The Bertz CT molecular complexity index is 2250. The molecule has 0 N–H and O–H groups in total. The Morgan fingerprint density at radius 3 is 1.48 bits per heavy atom. The summed E-state index contributed by atoms with van der Waals surface area (Å²) in [5.74, 6) is 0. The first-order chi connectivity index (χ1) is 27.5. The van der Waals surface area contributed by atoms with Gasteiger partial charge in [0.2, 0.25) is 0 Å². The van der Waals surface area contributed by atoms with E-state index in [9.17, 15) is 0 Å². The van der Waals surface area contributed by atoms with Gasteiger partial charge in [-0.05, 0) is 132 Å². The monoisotopic (exact) mass is 820 g/mol. The molecule has 300 valence electrons. The van der Waals surface area contributed by atoms with Crippen LogP contribution in [0, 0.1) is 0 Å². The Morgan fingerprint density at radius 2 is 0.911 bits per heavy atom.